The largest absolute Gasteiger partial charge is 0.312 e. The number of anilines is 1. The van der Waals surface area contributed by atoms with Crippen LogP contribution in [0.5, 0.6) is 0 Å². The standard InChI is InChI=1S/C18H26N2O/c1-3-20(17-7-5-4-6-14(17)2)18(21)10-11-19-13-15-8-9-16(19)12-15/h4-7,15-16H,3,8-13H2,1-2H3/t15-,16-/m1/s1. The molecular weight excluding hydrogens is 260 g/mol. The van der Waals surface area contributed by atoms with Crippen LogP contribution in [-0.2, 0) is 4.79 Å². The highest BCUT2D eigenvalue weighted by molar-refractivity contribution is 5.94. The molecule has 2 aliphatic rings. The van der Waals surface area contributed by atoms with E-state index in [0.29, 0.717) is 6.42 Å². The van der Waals surface area contributed by atoms with Crippen LogP contribution in [0.4, 0.5) is 5.69 Å². The molecule has 3 nitrogen and oxygen atoms in total. The molecule has 1 aromatic carbocycles. The predicted molar refractivity (Wildman–Crippen MR) is 86.5 cm³/mol. The summed E-state index contributed by atoms with van der Waals surface area (Å²) in [4.78, 5) is 17.1. The monoisotopic (exact) mass is 286 g/mol. The zero-order chi connectivity index (χ0) is 14.8. The van der Waals surface area contributed by atoms with Gasteiger partial charge < -0.3 is 4.90 Å². The first-order valence-electron chi connectivity index (χ1n) is 8.29. The summed E-state index contributed by atoms with van der Waals surface area (Å²) in [6.07, 6.45) is 4.75. The van der Waals surface area contributed by atoms with Crippen LogP contribution in [0.3, 0.4) is 0 Å². The molecule has 1 aliphatic heterocycles. The fourth-order valence-electron chi connectivity index (χ4n) is 4.02. The van der Waals surface area contributed by atoms with Crippen LogP contribution < -0.4 is 4.90 Å². The van der Waals surface area contributed by atoms with E-state index in [9.17, 15) is 4.79 Å². The third-order valence-electron chi connectivity index (χ3n) is 5.16. The van der Waals surface area contributed by atoms with Gasteiger partial charge in [-0.1, -0.05) is 18.2 Å². The van der Waals surface area contributed by atoms with E-state index in [4.69, 9.17) is 0 Å². The zero-order valence-corrected chi connectivity index (χ0v) is 13.2. The van der Waals surface area contributed by atoms with E-state index in [1.807, 2.05) is 17.0 Å². The average Bonchev–Trinajstić information content (AvgIpc) is 3.10. The molecule has 2 bridgehead atoms. The normalized spacial score (nSPS) is 24.5. The van der Waals surface area contributed by atoms with Gasteiger partial charge in [0.15, 0.2) is 0 Å². The van der Waals surface area contributed by atoms with Crippen LogP contribution in [0.15, 0.2) is 24.3 Å². The number of rotatable bonds is 5. The second-order valence-electron chi connectivity index (χ2n) is 6.50. The molecule has 1 saturated carbocycles. The Hall–Kier alpha value is -1.35. The number of fused-ring (bicyclic) bond motifs is 2. The summed E-state index contributed by atoms with van der Waals surface area (Å²) in [7, 11) is 0. The number of nitrogens with zero attached hydrogens (tertiary/aromatic N) is 2. The van der Waals surface area contributed by atoms with Gasteiger partial charge >= 0.3 is 0 Å². The molecule has 3 heteroatoms. The van der Waals surface area contributed by atoms with E-state index in [1.54, 1.807) is 0 Å². The lowest BCUT2D eigenvalue weighted by atomic mass is 10.1. The highest BCUT2D eigenvalue weighted by Gasteiger charge is 2.37. The summed E-state index contributed by atoms with van der Waals surface area (Å²) in [6, 6.07) is 8.92. The van der Waals surface area contributed by atoms with Gasteiger partial charge in [0, 0.05) is 37.8 Å². The van der Waals surface area contributed by atoms with E-state index < -0.39 is 0 Å². The molecule has 1 heterocycles. The minimum Gasteiger partial charge on any atom is -0.312 e. The van der Waals surface area contributed by atoms with E-state index in [0.717, 1.165) is 30.7 Å². The quantitative estimate of drug-likeness (QED) is 0.829. The summed E-state index contributed by atoms with van der Waals surface area (Å²) >= 11 is 0. The van der Waals surface area contributed by atoms with Crippen LogP contribution in [-0.4, -0.2) is 36.5 Å². The van der Waals surface area contributed by atoms with Crippen molar-refractivity contribution in [3.63, 3.8) is 0 Å². The summed E-state index contributed by atoms with van der Waals surface area (Å²) < 4.78 is 0. The van der Waals surface area contributed by atoms with Gasteiger partial charge in [0.2, 0.25) is 5.91 Å². The van der Waals surface area contributed by atoms with Crippen molar-refractivity contribution in [2.45, 2.75) is 45.6 Å². The van der Waals surface area contributed by atoms with Crippen molar-refractivity contribution in [1.29, 1.82) is 0 Å². The highest BCUT2D eigenvalue weighted by Crippen LogP contribution is 2.37. The fourth-order valence-corrected chi connectivity index (χ4v) is 4.02. The third-order valence-corrected chi connectivity index (χ3v) is 5.16. The van der Waals surface area contributed by atoms with Crippen LogP contribution in [0.1, 0.15) is 38.2 Å². The lowest BCUT2D eigenvalue weighted by molar-refractivity contribution is -0.119. The van der Waals surface area contributed by atoms with Gasteiger partial charge in [-0.3, -0.25) is 9.69 Å². The summed E-state index contributed by atoms with van der Waals surface area (Å²) in [5.41, 5.74) is 2.24. The number of carbonyl (C=O) groups excluding carboxylic acids is 1. The second-order valence-corrected chi connectivity index (χ2v) is 6.50. The van der Waals surface area contributed by atoms with Crippen LogP contribution in [0.25, 0.3) is 0 Å². The predicted octanol–water partition coefficient (Wildman–Crippen LogP) is 3.22. The van der Waals surface area contributed by atoms with Crippen molar-refractivity contribution in [3.05, 3.63) is 29.8 Å². The molecule has 0 N–H and O–H groups in total. The van der Waals surface area contributed by atoms with E-state index in [2.05, 4.69) is 30.9 Å². The third kappa shape index (κ3) is 2.98. The molecule has 1 aliphatic carbocycles. The summed E-state index contributed by atoms with van der Waals surface area (Å²) in [6.45, 7) is 7.03. The van der Waals surface area contributed by atoms with E-state index in [1.165, 1.54) is 31.4 Å². The first-order chi connectivity index (χ1) is 10.2. The highest BCUT2D eigenvalue weighted by atomic mass is 16.2. The average molecular weight is 286 g/mol. The molecule has 0 spiro atoms. The number of hydrogen-bond acceptors (Lipinski definition) is 2. The number of carbonyl (C=O) groups is 1. The number of amides is 1. The van der Waals surface area contributed by atoms with Crippen LogP contribution in [0, 0.1) is 12.8 Å². The maximum absolute atomic E-state index is 12.6. The van der Waals surface area contributed by atoms with Gasteiger partial charge in [0.1, 0.15) is 0 Å². The van der Waals surface area contributed by atoms with E-state index in [-0.39, 0.29) is 5.91 Å². The number of hydrogen-bond donors (Lipinski definition) is 0. The smallest absolute Gasteiger partial charge is 0.228 e. The van der Waals surface area contributed by atoms with Gasteiger partial charge in [-0.2, -0.15) is 0 Å². The lowest BCUT2D eigenvalue weighted by Crippen LogP contribution is -2.37. The molecule has 114 valence electrons. The minimum absolute atomic E-state index is 0.259. The molecule has 2 atom stereocenters. The zero-order valence-electron chi connectivity index (χ0n) is 13.2. The van der Waals surface area contributed by atoms with Gasteiger partial charge in [-0.15, -0.1) is 0 Å². The molecule has 0 radical (unpaired) electrons. The molecular formula is C18H26N2O. The maximum Gasteiger partial charge on any atom is 0.228 e. The SMILES string of the molecule is CCN(C(=O)CCN1C[C@@H]2CC[C@@H]1C2)c1ccccc1C. The summed E-state index contributed by atoms with van der Waals surface area (Å²) in [5, 5.41) is 0. The van der Waals surface area contributed by atoms with Crippen molar-refractivity contribution < 1.29 is 4.79 Å². The Morgan fingerprint density at radius 2 is 2.14 bits per heavy atom. The van der Waals surface area contributed by atoms with E-state index >= 15 is 0 Å². The Bertz CT molecular complexity index is 514. The van der Waals surface area contributed by atoms with Crippen molar-refractivity contribution >= 4 is 11.6 Å². The Morgan fingerprint density at radius 3 is 2.76 bits per heavy atom. The van der Waals surface area contributed by atoms with Gasteiger partial charge in [-0.05, 0) is 50.7 Å². The Labute approximate surface area is 127 Å². The van der Waals surface area contributed by atoms with Crippen molar-refractivity contribution in [2.24, 2.45) is 5.92 Å². The molecule has 2 fully saturated rings. The second kappa shape index (κ2) is 6.18. The number of piperidine rings is 1. The van der Waals surface area contributed by atoms with Gasteiger partial charge in [0.05, 0.1) is 0 Å². The van der Waals surface area contributed by atoms with Crippen LogP contribution >= 0.6 is 0 Å². The van der Waals surface area contributed by atoms with Gasteiger partial charge in [-0.25, -0.2) is 0 Å². The lowest BCUT2D eigenvalue weighted by Gasteiger charge is -2.28. The molecule has 1 saturated heterocycles. The Kier molecular flexibility index (Phi) is 4.29. The molecule has 0 aromatic heterocycles. The Morgan fingerprint density at radius 1 is 1.33 bits per heavy atom. The summed E-state index contributed by atoms with van der Waals surface area (Å²) in [5.74, 6) is 1.17. The fraction of sp³-hybridized carbons (Fsp3) is 0.611. The van der Waals surface area contributed by atoms with Crippen molar-refractivity contribution in [2.75, 3.05) is 24.5 Å². The number of aryl methyl sites for hydroxylation is 1. The molecule has 3 rings (SSSR count). The molecule has 21 heavy (non-hydrogen) atoms. The van der Waals surface area contributed by atoms with Crippen molar-refractivity contribution in [3.8, 4) is 0 Å². The van der Waals surface area contributed by atoms with Crippen molar-refractivity contribution in [1.82, 2.24) is 4.90 Å². The number of benzene rings is 1. The van der Waals surface area contributed by atoms with Crippen LogP contribution in [0.2, 0.25) is 0 Å². The molecule has 1 amide bonds. The topological polar surface area (TPSA) is 23.6 Å². The first-order valence-corrected chi connectivity index (χ1v) is 8.29. The first kappa shape index (κ1) is 14.6. The maximum atomic E-state index is 12.6. The van der Waals surface area contributed by atoms with Gasteiger partial charge in [0.25, 0.3) is 0 Å². The number of para-hydroxylation sites is 1. The number of likely N-dealkylation sites (tertiary alicyclic amines) is 1. The molecule has 1 aromatic rings. The molecule has 0 unspecified atom stereocenters. The minimum atomic E-state index is 0.259. The Balaban J connectivity index is 1.60.